The molecule has 0 saturated heterocycles. The molecule has 0 aliphatic carbocycles. The molecule has 0 fully saturated rings. The Kier molecular flexibility index (Phi) is 11.9. The molecule has 1 aromatic rings. The van der Waals surface area contributed by atoms with E-state index in [1.165, 1.54) is 42.5 Å². The van der Waals surface area contributed by atoms with Gasteiger partial charge in [0.05, 0.1) is 6.61 Å². The molecule has 4 N–H and O–H groups in total. The van der Waals surface area contributed by atoms with Crippen LogP contribution in [0.15, 0.2) is 72.9 Å². The smallest absolute Gasteiger partial charge is 0.329 e. The first-order valence-corrected chi connectivity index (χ1v) is 8.79. The van der Waals surface area contributed by atoms with E-state index in [1.807, 2.05) is 0 Å². The minimum Gasteiger partial charge on any atom is -0.491 e. The number of rotatable bonds is 13. The van der Waals surface area contributed by atoms with Gasteiger partial charge in [0.1, 0.15) is 43.1 Å². The highest BCUT2D eigenvalue weighted by atomic mass is 19.1. The topological polar surface area (TPSA) is 116 Å². The van der Waals surface area contributed by atoms with Crippen molar-refractivity contribution in [2.45, 2.75) is 18.3 Å². The van der Waals surface area contributed by atoms with Crippen molar-refractivity contribution in [2.75, 3.05) is 19.8 Å². The van der Waals surface area contributed by atoms with Crippen molar-refractivity contribution < 1.29 is 39.1 Å². The van der Waals surface area contributed by atoms with Gasteiger partial charge in [-0.05, 0) is 24.3 Å². The van der Waals surface area contributed by atoms with Gasteiger partial charge in [-0.25, -0.2) is 9.18 Å². The number of aliphatic carboxylic acids is 1. The molecule has 0 amide bonds. The Hall–Kier alpha value is -2.78. The van der Waals surface area contributed by atoms with E-state index in [-0.39, 0.29) is 19.0 Å². The SMILES string of the molecule is O=C(O)COC[C@@H](O)[C@H](O)C=CC=CC=CC=C[C@H](O)COc1ccc(F)cc1. The summed E-state index contributed by atoms with van der Waals surface area (Å²) in [5.41, 5.74) is 0. The Morgan fingerprint density at radius 3 is 2.14 bits per heavy atom. The molecule has 7 nitrogen and oxygen atoms in total. The van der Waals surface area contributed by atoms with Gasteiger partial charge in [-0.2, -0.15) is 0 Å². The van der Waals surface area contributed by atoms with Crippen LogP contribution in [-0.2, 0) is 9.53 Å². The average molecular weight is 408 g/mol. The van der Waals surface area contributed by atoms with Crippen LogP contribution < -0.4 is 4.74 Å². The largest absolute Gasteiger partial charge is 0.491 e. The fourth-order valence-electron chi connectivity index (χ4n) is 1.89. The van der Waals surface area contributed by atoms with Gasteiger partial charge in [0, 0.05) is 0 Å². The molecule has 0 spiro atoms. The number of hydrogen-bond donors (Lipinski definition) is 4. The molecule has 1 aromatic carbocycles. The van der Waals surface area contributed by atoms with Crippen LogP contribution in [0.5, 0.6) is 5.75 Å². The molecule has 29 heavy (non-hydrogen) atoms. The molecule has 0 saturated carbocycles. The number of carboxylic acids is 1. The zero-order valence-corrected chi connectivity index (χ0v) is 15.7. The second-order valence-electron chi connectivity index (χ2n) is 5.84. The van der Waals surface area contributed by atoms with Crippen molar-refractivity contribution in [3.8, 4) is 5.75 Å². The summed E-state index contributed by atoms with van der Waals surface area (Å²) >= 11 is 0. The number of carboxylic acid groups (broad SMARTS) is 1. The molecule has 0 radical (unpaired) electrons. The lowest BCUT2D eigenvalue weighted by Crippen LogP contribution is -2.29. The van der Waals surface area contributed by atoms with Gasteiger partial charge in [0.25, 0.3) is 0 Å². The van der Waals surface area contributed by atoms with Gasteiger partial charge in [-0.3, -0.25) is 0 Å². The number of hydrogen-bond acceptors (Lipinski definition) is 6. The van der Waals surface area contributed by atoms with E-state index in [2.05, 4.69) is 0 Å². The molecule has 0 aliphatic rings. The van der Waals surface area contributed by atoms with Crippen LogP contribution in [0.3, 0.4) is 0 Å². The van der Waals surface area contributed by atoms with Crippen molar-refractivity contribution in [1.82, 2.24) is 0 Å². The molecule has 3 atom stereocenters. The third-order valence-electron chi connectivity index (χ3n) is 3.34. The molecule has 0 unspecified atom stereocenters. The Morgan fingerprint density at radius 2 is 1.52 bits per heavy atom. The number of carbonyl (C=O) groups is 1. The van der Waals surface area contributed by atoms with Crippen LogP contribution in [0.1, 0.15) is 0 Å². The zero-order valence-electron chi connectivity index (χ0n) is 15.7. The molecular formula is C21H25FO7. The Bertz CT molecular complexity index is 710. The van der Waals surface area contributed by atoms with Crippen molar-refractivity contribution in [1.29, 1.82) is 0 Å². The second-order valence-corrected chi connectivity index (χ2v) is 5.84. The van der Waals surface area contributed by atoms with E-state index >= 15 is 0 Å². The van der Waals surface area contributed by atoms with Crippen molar-refractivity contribution in [3.63, 3.8) is 0 Å². The minimum absolute atomic E-state index is 0.0327. The minimum atomic E-state index is -1.23. The van der Waals surface area contributed by atoms with Gasteiger partial charge in [-0.15, -0.1) is 0 Å². The van der Waals surface area contributed by atoms with Crippen molar-refractivity contribution >= 4 is 5.97 Å². The maximum absolute atomic E-state index is 12.8. The number of aliphatic hydroxyl groups excluding tert-OH is 3. The van der Waals surface area contributed by atoms with E-state index in [0.29, 0.717) is 5.75 Å². The Morgan fingerprint density at radius 1 is 0.931 bits per heavy atom. The van der Waals surface area contributed by atoms with Gasteiger partial charge in [0.15, 0.2) is 0 Å². The fraction of sp³-hybridized carbons (Fsp3) is 0.286. The van der Waals surface area contributed by atoms with Crippen molar-refractivity contribution in [3.05, 3.63) is 78.7 Å². The summed E-state index contributed by atoms with van der Waals surface area (Å²) in [6.45, 7) is -0.802. The van der Waals surface area contributed by atoms with Gasteiger partial charge in [0.2, 0.25) is 0 Å². The number of allylic oxidation sites excluding steroid dienone is 6. The summed E-state index contributed by atoms with van der Waals surface area (Å²) in [5.74, 6) is -1.05. The molecule has 0 heterocycles. The number of ether oxygens (including phenoxy) is 2. The van der Waals surface area contributed by atoms with Crippen LogP contribution in [0.2, 0.25) is 0 Å². The van der Waals surface area contributed by atoms with Crippen LogP contribution in [0.25, 0.3) is 0 Å². The van der Waals surface area contributed by atoms with E-state index in [4.69, 9.17) is 14.6 Å². The predicted octanol–water partition coefficient (Wildman–Crippen LogP) is 1.61. The predicted molar refractivity (Wildman–Crippen MR) is 105 cm³/mol. The van der Waals surface area contributed by atoms with Crippen LogP contribution in [0, 0.1) is 5.82 Å². The Balaban J connectivity index is 2.24. The van der Waals surface area contributed by atoms with E-state index in [1.54, 1.807) is 30.4 Å². The molecule has 8 heteroatoms. The lowest BCUT2D eigenvalue weighted by atomic mass is 10.2. The average Bonchev–Trinajstić information content (AvgIpc) is 2.69. The first-order valence-electron chi connectivity index (χ1n) is 8.79. The molecule has 1 rings (SSSR count). The monoisotopic (exact) mass is 408 g/mol. The first-order chi connectivity index (χ1) is 13.9. The highest BCUT2D eigenvalue weighted by Crippen LogP contribution is 2.11. The quantitative estimate of drug-likeness (QED) is 0.367. The maximum atomic E-state index is 12.8. The van der Waals surface area contributed by atoms with Gasteiger partial charge < -0.3 is 29.9 Å². The highest BCUT2D eigenvalue weighted by molar-refractivity contribution is 5.67. The number of benzene rings is 1. The lowest BCUT2D eigenvalue weighted by Gasteiger charge is -2.13. The maximum Gasteiger partial charge on any atom is 0.329 e. The molecule has 0 bridgehead atoms. The normalized spacial score (nSPS) is 15.4. The third-order valence-corrected chi connectivity index (χ3v) is 3.34. The third kappa shape index (κ3) is 12.3. The lowest BCUT2D eigenvalue weighted by molar-refractivity contribution is -0.143. The fourth-order valence-corrected chi connectivity index (χ4v) is 1.89. The molecule has 158 valence electrons. The summed E-state index contributed by atoms with van der Waals surface area (Å²) in [5, 5.41) is 37.4. The first kappa shape index (κ1) is 24.3. The number of aliphatic hydroxyl groups is 3. The molecular weight excluding hydrogens is 383 g/mol. The van der Waals surface area contributed by atoms with Crippen molar-refractivity contribution in [2.24, 2.45) is 0 Å². The van der Waals surface area contributed by atoms with Crippen LogP contribution >= 0.6 is 0 Å². The van der Waals surface area contributed by atoms with Crippen LogP contribution in [0.4, 0.5) is 4.39 Å². The number of halogens is 1. The van der Waals surface area contributed by atoms with Crippen LogP contribution in [-0.4, -0.2) is 64.5 Å². The van der Waals surface area contributed by atoms with Gasteiger partial charge >= 0.3 is 5.97 Å². The van der Waals surface area contributed by atoms with E-state index < -0.39 is 30.9 Å². The molecule has 0 aromatic heterocycles. The standard InChI is InChI=1S/C21H25FO7/c22-16-9-11-18(12-10-16)29-13-17(23)7-5-3-1-2-4-6-8-19(24)20(25)14-28-15-21(26)27/h1-12,17,19-20,23-25H,13-15H2,(H,26,27)/t17-,19+,20+/m0/s1. The summed E-state index contributed by atoms with van der Waals surface area (Å²) in [7, 11) is 0. The zero-order chi connectivity index (χ0) is 21.5. The second kappa shape index (κ2) is 14.3. The summed E-state index contributed by atoms with van der Waals surface area (Å²) in [4.78, 5) is 10.3. The van der Waals surface area contributed by atoms with E-state index in [9.17, 15) is 24.5 Å². The summed E-state index contributed by atoms with van der Waals surface area (Å²) in [6.07, 6.45) is 9.43. The van der Waals surface area contributed by atoms with Gasteiger partial charge in [-0.1, -0.05) is 48.6 Å². The Labute approximate surface area is 168 Å². The summed E-state index contributed by atoms with van der Waals surface area (Å²) < 4.78 is 22.8. The molecule has 0 aliphatic heterocycles. The summed E-state index contributed by atoms with van der Waals surface area (Å²) in [6, 6.07) is 5.49. The van der Waals surface area contributed by atoms with E-state index in [0.717, 1.165) is 0 Å². The highest BCUT2D eigenvalue weighted by Gasteiger charge is 2.13.